The summed E-state index contributed by atoms with van der Waals surface area (Å²) in [5, 5.41) is 3.43. The number of aliphatic imine (C=N–C) groups is 1. The Morgan fingerprint density at radius 2 is 1.89 bits per heavy atom. The Labute approximate surface area is 112 Å². The van der Waals surface area contributed by atoms with Gasteiger partial charge in [0.2, 0.25) is 0 Å². The zero-order chi connectivity index (χ0) is 13.0. The van der Waals surface area contributed by atoms with Gasteiger partial charge in [0.05, 0.1) is 6.04 Å². The first-order valence-corrected chi connectivity index (χ1v) is 7.80. The van der Waals surface area contributed by atoms with E-state index >= 15 is 0 Å². The quantitative estimate of drug-likeness (QED) is 0.598. The number of nitrogens with zero attached hydrogens (tertiary/aromatic N) is 1. The predicted molar refractivity (Wildman–Crippen MR) is 77.6 cm³/mol. The second-order valence-corrected chi connectivity index (χ2v) is 6.17. The molecule has 2 rings (SSSR count). The van der Waals surface area contributed by atoms with E-state index in [2.05, 4.69) is 19.2 Å². The first kappa shape index (κ1) is 13.7. The highest BCUT2D eigenvalue weighted by molar-refractivity contribution is 5.78. The van der Waals surface area contributed by atoms with Gasteiger partial charge in [-0.1, -0.05) is 39.5 Å². The summed E-state index contributed by atoms with van der Waals surface area (Å²) in [4.78, 5) is 4.73. The maximum atomic E-state index is 6.07. The largest absolute Gasteiger partial charge is 0.370 e. The molecule has 18 heavy (non-hydrogen) atoms. The summed E-state index contributed by atoms with van der Waals surface area (Å²) < 4.78 is 0. The molecule has 0 aromatic rings. The van der Waals surface area contributed by atoms with Crippen molar-refractivity contribution >= 4 is 5.96 Å². The van der Waals surface area contributed by atoms with Crippen LogP contribution in [0, 0.1) is 11.8 Å². The molecule has 104 valence electrons. The number of nitrogens with two attached hydrogens (primary N) is 1. The van der Waals surface area contributed by atoms with Crippen LogP contribution < -0.4 is 11.1 Å². The molecule has 2 aliphatic carbocycles. The lowest BCUT2D eigenvalue weighted by molar-refractivity contribution is 0.380. The van der Waals surface area contributed by atoms with Crippen molar-refractivity contribution in [2.75, 3.05) is 0 Å². The van der Waals surface area contributed by atoms with Crippen LogP contribution in [0.4, 0.5) is 0 Å². The van der Waals surface area contributed by atoms with E-state index in [1.165, 1.54) is 51.4 Å². The second kappa shape index (κ2) is 6.44. The third-order valence-corrected chi connectivity index (χ3v) is 4.97. The second-order valence-electron chi connectivity index (χ2n) is 6.17. The van der Waals surface area contributed by atoms with E-state index in [0.717, 1.165) is 5.92 Å². The van der Waals surface area contributed by atoms with E-state index in [-0.39, 0.29) is 0 Å². The molecule has 0 aromatic carbocycles. The summed E-state index contributed by atoms with van der Waals surface area (Å²) in [6, 6.07) is 1.02. The summed E-state index contributed by atoms with van der Waals surface area (Å²) in [5.41, 5.74) is 6.07. The van der Waals surface area contributed by atoms with Gasteiger partial charge in [0.15, 0.2) is 5.96 Å². The predicted octanol–water partition coefficient (Wildman–Crippen LogP) is 3.05. The Balaban J connectivity index is 1.84. The van der Waals surface area contributed by atoms with Crippen molar-refractivity contribution in [3.8, 4) is 0 Å². The van der Waals surface area contributed by atoms with E-state index in [4.69, 9.17) is 10.7 Å². The molecular weight excluding hydrogens is 222 g/mol. The van der Waals surface area contributed by atoms with E-state index in [9.17, 15) is 0 Å². The van der Waals surface area contributed by atoms with Crippen molar-refractivity contribution < 1.29 is 0 Å². The molecule has 3 N–H and O–H groups in total. The summed E-state index contributed by atoms with van der Waals surface area (Å²) in [5.74, 6) is 2.23. The van der Waals surface area contributed by atoms with Gasteiger partial charge in [-0.05, 0) is 37.5 Å². The number of rotatable bonds is 3. The molecule has 3 heteroatoms. The van der Waals surface area contributed by atoms with Crippen LogP contribution in [0.3, 0.4) is 0 Å². The van der Waals surface area contributed by atoms with Crippen molar-refractivity contribution in [2.45, 2.75) is 77.3 Å². The van der Waals surface area contributed by atoms with Gasteiger partial charge in [0, 0.05) is 6.04 Å². The molecule has 0 spiro atoms. The molecular formula is C15H29N3. The zero-order valence-corrected chi connectivity index (χ0v) is 12.0. The Morgan fingerprint density at radius 1 is 1.17 bits per heavy atom. The van der Waals surface area contributed by atoms with Crippen LogP contribution in [-0.4, -0.2) is 18.0 Å². The molecule has 2 aliphatic rings. The fourth-order valence-electron chi connectivity index (χ4n) is 3.65. The molecule has 2 saturated carbocycles. The van der Waals surface area contributed by atoms with Crippen molar-refractivity contribution in [1.82, 2.24) is 5.32 Å². The average Bonchev–Trinajstić information content (AvgIpc) is 2.71. The molecule has 0 aliphatic heterocycles. The molecule has 0 saturated heterocycles. The Hall–Kier alpha value is -0.730. The number of hydrogen-bond acceptors (Lipinski definition) is 1. The lowest BCUT2D eigenvalue weighted by atomic mass is 9.94. The minimum absolute atomic E-state index is 0.450. The van der Waals surface area contributed by atoms with E-state index < -0.39 is 0 Å². The zero-order valence-electron chi connectivity index (χ0n) is 12.0. The fourth-order valence-corrected chi connectivity index (χ4v) is 3.65. The maximum absolute atomic E-state index is 6.07. The third-order valence-electron chi connectivity index (χ3n) is 4.97. The van der Waals surface area contributed by atoms with Crippen molar-refractivity contribution in [1.29, 1.82) is 0 Å². The van der Waals surface area contributed by atoms with Gasteiger partial charge >= 0.3 is 0 Å². The van der Waals surface area contributed by atoms with Crippen LogP contribution in [0.25, 0.3) is 0 Å². The van der Waals surface area contributed by atoms with Gasteiger partial charge in [-0.3, -0.25) is 0 Å². The highest BCUT2D eigenvalue weighted by Crippen LogP contribution is 2.35. The highest BCUT2D eigenvalue weighted by Gasteiger charge is 2.31. The van der Waals surface area contributed by atoms with Gasteiger partial charge in [-0.2, -0.15) is 0 Å². The van der Waals surface area contributed by atoms with Crippen molar-refractivity contribution in [3.63, 3.8) is 0 Å². The Bertz CT molecular complexity index is 281. The first-order valence-electron chi connectivity index (χ1n) is 7.80. The van der Waals surface area contributed by atoms with Gasteiger partial charge in [0.1, 0.15) is 0 Å². The van der Waals surface area contributed by atoms with Crippen molar-refractivity contribution in [2.24, 2.45) is 22.6 Å². The lowest BCUT2D eigenvalue weighted by Gasteiger charge is -2.24. The molecule has 0 heterocycles. The third kappa shape index (κ3) is 3.39. The highest BCUT2D eigenvalue weighted by atomic mass is 15.1. The van der Waals surface area contributed by atoms with E-state index in [0.29, 0.717) is 24.0 Å². The average molecular weight is 251 g/mol. The van der Waals surface area contributed by atoms with Crippen LogP contribution in [0.1, 0.15) is 65.2 Å². The van der Waals surface area contributed by atoms with Gasteiger partial charge in [0.25, 0.3) is 0 Å². The topological polar surface area (TPSA) is 50.4 Å². The fraction of sp³-hybridized carbons (Fsp3) is 0.933. The van der Waals surface area contributed by atoms with E-state index in [1.54, 1.807) is 0 Å². The van der Waals surface area contributed by atoms with Crippen LogP contribution in [-0.2, 0) is 0 Å². The van der Waals surface area contributed by atoms with Crippen LogP contribution in [0.5, 0.6) is 0 Å². The standard InChI is InChI=1S/C15H29N3/c1-3-12-9-10-14(11(12)2)18-15(16)17-13-7-5-4-6-8-13/h11-14H,3-10H2,1-2H3,(H3,16,17,18). The lowest BCUT2D eigenvalue weighted by Crippen LogP contribution is -2.42. The van der Waals surface area contributed by atoms with Crippen LogP contribution >= 0.6 is 0 Å². The molecule has 0 radical (unpaired) electrons. The Kier molecular flexibility index (Phi) is 4.90. The molecule has 3 nitrogen and oxygen atoms in total. The SMILES string of the molecule is CCC1CCC(N=C(N)NC2CCCCC2)C1C. The molecule has 3 unspecified atom stereocenters. The monoisotopic (exact) mass is 251 g/mol. The molecule has 0 amide bonds. The number of guanidine groups is 1. The summed E-state index contributed by atoms with van der Waals surface area (Å²) in [7, 11) is 0. The first-order chi connectivity index (χ1) is 8.70. The molecule has 0 aromatic heterocycles. The normalized spacial score (nSPS) is 34.8. The van der Waals surface area contributed by atoms with Crippen LogP contribution in [0.2, 0.25) is 0 Å². The number of nitrogens with one attached hydrogen (secondary N) is 1. The number of hydrogen-bond donors (Lipinski definition) is 2. The maximum Gasteiger partial charge on any atom is 0.189 e. The molecule has 0 bridgehead atoms. The van der Waals surface area contributed by atoms with Crippen LogP contribution in [0.15, 0.2) is 4.99 Å². The minimum Gasteiger partial charge on any atom is -0.370 e. The summed E-state index contributed by atoms with van der Waals surface area (Å²) in [6.07, 6.45) is 10.4. The molecule has 3 atom stereocenters. The smallest absolute Gasteiger partial charge is 0.189 e. The Morgan fingerprint density at radius 3 is 2.50 bits per heavy atom. The van der Waals surface area contributed by atoms with E-state index in [1.807, 2.05) is 0 Å². The van der Waals surface area contributed by atoms with Gasteiger partial charge in [-0.25, -0.2) is 4.99 Å². The minimum atomic E-state index is 0.450. The van der Waals surface area contributed by atoms with Gasteiger partial charge in [-0.15, -0.1) is 0 Å². The summed E-state index contributed by atoms with van der Waals surface area (Å²) in [6.45, 7) is 4.63. The molecule has 2 fully saturated rings. The van der Waals surface area contributed by atoms with Crippen molar-refractivity contribution in [3.05, 3.63) is 0 Å². The summed E-state index contributed by atoms with van der Waals surface area (Å²) >= 11 is 0. The van der Waals surface area contributed by atoms with Gasteiger partial charge < -0.3 is 11.1 Å².